The molecule has 0 aliphatic heterocycles. The Kier molecular flexibility index (Phi) is 16.8. The van der Waals surface area contributed by atoms with Crippen LogP contribution in [0.2, 0.25) is 0 Å². The van der Waals surface area contributed by atoms with Crippen molar-refractivity contribution in [3.05, 3.63) is 0 Å². The maximum absolute atomic E-state index is 6.17. The van der Waals surface area contributed by atoms with Gasteiger partial charge in [-0.3, -0.25) is 0 Å². The van der Waals surface area contributed by atoms with Gasteiger partial charge in [0.25, 0.3) is 0 Å². The highest BCUT2D eigenvalue weighted by Crippen LogP contribution is 2.22. The van der Waals surface area contributed by atoms with Crippen LogP contribution in [0.25, 0.3) is 0 Å². The minimum atomic E-state index is 0. The highest BCUT2D eigenvalue weighted by molar-refractivity contribution is 14.0. The van der Waals surface area contributed by atoms with E-state index in [4.69, 9.17) is 5.73 Å². The summed E-state index contributed by atoms with van der Waals surface area (Å²) in [5.41, 5.74) is 6.45. The Balaban J connectivity index is 0. The van der Waals surface area contributed by atoms with Crippen LogP contribution >= 0.6 is 24.0 Å². The molecule has 0 aliphatic rings. The quantitative estimate of drug-likeness (QED) is 0.288. The van der Waals surface area contributed by atoms with E-state index in [0.29, 0.717) is 6.04 Å². The molecule has 0 saturated heterocycles. The lowest BCUT2D eigenvalue weighted by atomic mass is 9.84. The lowest BCUT2D eigenvalue weighted by Gasteiger charge is -2.26. The van der Waals surface area contributed by atoms with Gasteiger partial charge in [0.2, 0.25) is 0 Å². The molecule has 1 unspecified atom stereocenters. The normalized spacial score (nSPS) is 13.1. The Bertz CT molecular complexity index is 186. The molecule has 0 aromatic heterocycles. The molecule has 0 radical (unpaired) electrons. The maximum atomic E-state index is 6.17. The van der Waals surface area contributed by atoms with Crippen LogP contribution in [0.1, 0.15) is 105 Å². The second kappa shape index (κ2) is 14.6. The number of rotatable bonds is 12. The van der Waals surface area contributed by atoms with E-state index < -0.39 is 0 Å². The van der Waals surface area contributed by atoms with Gasteiger partial charge < -0.3 is 5.73 Å². The van der Waals surface area contributed by atoms with Gasteiger partial charge in [0, 0.05) is 6.04 Å². The minimum absolute atomic E-state index is 0. The zero-order valence-electron chi connectivity index (χ0n) is 14.5. The van der Waals surface area contributed by atoms with Gasteiger partial charge in [-0.05, 0) is 11.8 Å². The summed E-state index contributed by atoms with van der Waals surface area (Å²) in [5.74, 6) is 0. The fraction of sp³-hybridized carbons (Fsp3) is 1.00. The molecule has 0 saturated carbocycles. The molecule has 0 heterocycles. The number of hydrogen-bond donors (Lipinski definition) is 1. The molecule has 1 nitrogen and oxygen atoms in total. The van der Waals surface area contributed by atoms with Crippen LogP contribution in [-0.2, 0) is 0 Å². The molecule has 0 fully saturated rings. The van der Waals surface area contributed by atoms with E-state index in [9.17, 15) is 0 Å². The molecule has 2 heteroatoms. The number of halogens is 1. The number of nitrogens with two attached hydrogens (primary N) is 1. The Morgan fingerprint density at radius 1 is 0.700 bits per heavy atom. The van der Waals surface area contributed by atoms with E-state index in [1.165, 1.54) is 77.0 Å². The first-order chi connectivity index (χ1) is 8.98. The topological polar surface area (TPSA) is 26.0 Å². The third kappa shape index (κ3) is 15.1. The molecular formula is C18H40IN. The predicted molar refractivity (Wildman–Crippen MR) is 104 cm³/mol. The van der Waals surface area contributed by atoms with Crippen molar-refractivity contribution < 1.29 is 0 Å². The maximum Gasteiger partial charge on any atom is 0.00876 e. The van der Waals surface area contributed by atoms with Gasteiger partial charge in [0.15, 0.2) is 0 Å². The molecule has 0 bridgehead atoms. The summed E-state index contributed by atoms with van der Waals surface area (Å²) in [7, 11) is 0. The molecule has 124 valence electrons. The van der Waals surface area contributed by atoms with Crippen molar-refractivity contribution >= 4 is 24.0 Å². The van der Waals surface area contributed by atoms with Gasteiger partial charge in [0.05, 0.1) is 0 Å². The van der Waals surface area contributed by atoms with Crippen molar-refractivity contribution in [1.29, 1.82) is 0 Å². The summed E-state index contributed by atoms with van der Waals surface area (Å²) in [4.78, 5) is 0. The van der Waals surface area contributed by atoms with Gasteiger partial charge >= 0.3 is 0 Å². The molecular weight excluding hydrogens is 357 g/mol. The Morgan fingerprint density at radius 3 is 1.40 bits per heavy atom. The van der Waals surface area contributed by atoms with E-state index in [0.717, 1.165) is 0 Å². The van der Waals surface area contributed by atoms with Crippen LogP contribution < -0.4 is 5.73 Å². The van der Waals surface area contributed by atoms with E-state index in [1.807, 2.05) is 0 Å². The zero-order valence-corrected chi connectivity index (χ0v) is 16.9. The average Bonchev–Trinajstić information content (AvgIpc) is 2.34. The van der Waals surface area contributed by atoms with Crippen LogP contribution in [0, 0.1) is 5.41 Å². The highest BCUT2D eigenvalue weighted by Gasteiger charge is 2.19. The molecule has 2 N–H and O–H groups in total. The molecule has 20 heavy (non-hydrogen) atoms. The van der Waals surface area contributed by atoms with Gasteiger partial charge in [-0.1, -0.05) is 98.3 Å². The molecule has 0 rings (SSSR count). The summed E-state index contributed by atoms with van der Waals surface area (Å²) < 4.78 is 0. The molecule has 0 aromatic carbocycles. The standard InChI is InChI=1S/C18H39N.HI/c1-5-6-7-8-9-10-11-12-13-14-15-16-17(19)18(2,3)4;/h17H,5-16,19H2,1-4H3;1H. The molecule has 0 amide bonds. The smallest absolute Gasteiger partial charge is 0.00876 e. The second-order valence-electron chi connectivity index (χ2n) is 7.30. The van der Waals surface area contributed by atoms with Crippen LogP contribution in [0.15, 0.2) is 0 Å². The minimum Gasteiger partial charge on any atom is -0.327 e. The van der Waals surface area contributed by atoms with Crippen molar-refractivity contribution in [1.82, 2.24) is 0 Å². The van der Waals surface area contributed by atoms with Gasteiger partial charge in [-0.25, -0.2) is 0 Å². The SMILES string of the molecule is CCCCCCCCCCCCCC(N)C(C)(C)C.I. The first-order valence-electron chi connectivity index (χ1n) is 8.74. The Labute approximate surface area is 145 Å². The van der Waals surface area contributed by atoms with Crippen LogP contribution in [0.4, 0.5) is 0 Å². The first-order valence-corrected chi connectivity index (χ1v) is 8.74. The summed E-state index contributed by atoms with van der Waals surface area (Å²) in [6.45, 7) is 9.02. The predicted octanol–water partition coefficient (Wildman–Crippen LogP) is 6.68. The van der Waals surface area contributed by atoms with Crippen molar-refractivity contribution in [3.8, 4) is 0 Å². The first kappa shape index (κ1) is 23.0. The second-order valence-corrected chi connectivity index (χ2v) is 7.30. The average molecular weight is 397 g/mol. The lowest BCUT2D eigenvalue weighted by Crippen LogP contribution is -2.34. The van der Waals surface area contributed by atoms with Gasteiger partial charge in [-0.2, -0.15) is 0 Å². The van der Waals surface area contributed by atoms with Gasteiger partial charge in [0.1, 0.15) is 0 Å². The highest BCUT2D eigenvalue weighted by atomic mass is 127. The zero-order chi connectivity index (χ0) is 14.6. The monoisotopic (exact) mass is 397 g/mol. The van der Waals surface area contributed by atoms with Crippen LogP contribution in [0.5, 0.6) is 0 Å². The van der Waals surface area contributed by atoms with Crippen molar-refractivity contribution in [3.63, 3.8) is 0 Å². The fourth-order valence-electron chi connectivity index (χ4n) is 2.46. The largest absolute Gasteiger partial charge is 0.327 e. The Morgan fingerprint density at radius 2 is 1.05 bits per heavy atom. The van der Waals surface area contributed by atoms with Gasteiger partial charge in [-0.15, -0.1) is 24.0 Å². The molecule has 0 spiro atoms. The van der Waals surface area contributed by atoms with Crippen LogP contribution in [-0.4, -0.2) is 6.04 Å². The van der Waals surface area contributed by atoms with Crippen LogP contribution in [0.3, 0.4) is 0 Å². The van der Waals surface area contributed by atoms with Crippen molar-refractivity contribution in [2.45, 2.75) is 111 Å². The molecule has 0 aliphatic carbocycles. The number of hydrogen-bond acceptors (Lipinski definition) is 1. The van der Waals surface area contributed by atoms with Crippen molar-refractivity contribution in [2.75, 3.05) is 0 Å². The van der Waals surface area contributed by atoms with E-state index >= 15 is 0 Å². The third-order valence-corrected chi connectivity index (χ3v) is 4.23. The molecule has 1 atom stereocenters. The Hall–Kier alpha value is 0.690. The summed E-state index contributed by atoms with van der Waals surface area (Å²) in [5, 5.41) is 0. The van der Waals surface area contributed by atoms with Crippen molar-refractivity contribution in [2.24, 2.45) is 11.1 Å². The number of unbranched alkanes of at least 4 members (excludes halogenated alkanes) is 10. The third-order valence-electron chi connectivity index (χ3n) is 4.23. The molecule has 0 aromatic rings. The fourth-order valence-corrected chi connectivity index (χ4v) is 2.46. The summed E-state index contributed by atoms with van der Waals surface area (Å²) in [6.07, 6.45) is 16.7. The van der Waals surface area contributed by atoms with E-state index in [-0.39, 0.29) is 29.4 Å². The van der Waals surface area contributed by atoms with E-state index in [1.54, 1.807) is 0 Å². The lowest BCUT2D eigenvalue weighted by molar-refractivity contribution is 0.298. The summed E-state index contributed by atoms with van der Waals surface area (Å²) in [6, 6.07) is 0.367. The summed E-state index contributed by atoms with van der Waals surface area (Å²) >= 11 is 0. The van der Waals surface area contributed by atoms with E-state index in [2.05, 4.69) is 27.7 Å².